The van der Waals surface area contributed by atoms with Gasteiger partial charge < -0.3 is 0 Å². The van der Waals surface area contributed by atoms with Crippen LogP contribution in [0.3, 0.4) is 0 Å². The van der Waals surface area contributed by atoms with E-state index in [-0.39, 0.29) is 5.78 Å². The lowest BCUT2D eigenvalue weighted by Crippen LogP contribution is -2.08. The topological polar surface area (TPSA) is 42.9 Å². The van der Waals surface area contributed by atoms with Gasteiger partial charge >= 0.3 is 0 Å². The Morgan fingerprint density at radius 3 is 3.00 bits per heavy atom. The number of pyridine rings is 1. The van der Waals surface area contributed by atoms with Gasteiger partial charge in [0, 0.05) is 17.5 Å². The maximum atomic E-state index is 11.7. The van der Waals surface area contributed by atoms with Gasteiger partial charge in [0.05, 0.1) is 5.69 Å². The van der Waals surface area contributed by atoms with Gasteiger partial charge in [-0.05, 0) is 37.5 Å². The zero-order chi connectivity index (χ0) is 11.8. The fraction of sp³-hybridized carbons (Fsp3) is 0.308. The van der Waals surface area contributed by atoms with Crippen LogP contribution in [0.25, 0.3) is 10.7 Å². The number of hydrogen-bond donors (Lipinski definition) is 0. The largest absolute Gasteiger partial charge is 0.292 e. The second kappa shape index (κ2) is 4.04. The molecule has 0 bridgehead atoms. The molecule has 3 nitrogen and oxygen atoms in total. The molecule has 2 aromatic heterocycles. The Balaban J connectivity index is 2.08. The minimum Gasteiger partial charge on any atom is -0.292 e. The molecule has 0 atom stereocenters. The van der Waals surface area contributed by atoms with Crippen LogP contribution in [-0.4, -0.2) is 15.8 Å². The van der Waals surface area contributed by atoms with E-state index in [0.717, 1.165) is 34.0 Å². The van der Waals surface area contributed by atoms with Crippen molar-refractivity contribution in [1.82, 2.24) is 9.97 Å². The fourth-order valence-electron chi connectivity index (χ4n) is 2.03. The molecule has 0 spiro atoms. The van der Waals surface area contributed by atoms with E-state index in [1.165, 1.54) is 0 Å². The highest BCUT2D eigenvalue weighted by atomic mass is 32.1. The van der Waals surface area contributed by atoms with E-state index < -0.39 is 0 Å². The highest BCUT2D eigenvalue weighted by molar-refractivity contribution is 7.15. The van der Waals surface area contributed by atoms with E-state index >= 15 is 0 Å². The summed E-state index contributed by atoms with van der Waals surface area (Å²) >= 11 is 1.61. The predicted octanol–water partition coefficient (Wildman–Crippen LogP) is 3.03. The van der Waals surface area contributed by atoms with Gasteiger partial charge in [0.1, 0.15) is 10.7 Å². The average molecular weight is 244 g/mol. The SMILES string of the molecule is Cc1ccnc(-c2nc3c(s2)CCCC3=O)c1. The predicted molar refractivity (Wildman–Crippen MR) is 67.4 cm³/mol. The number of rotatable bonds is 1. The lowest BCUT2D eigenvalue weighted by molar-refractivity contribution is 0.0968. The first-order chi connectivity index (χ1) is 8.24. The van der Waals surface area contributed by atoms with Crippen molar-refractivity contribution in [1.29, 1.82) is 0 Å². The Kier molecular flexibility index (Phi) is 2.52. The normalized spacial score (nSPS) is 14.8. The number of aryl methyl sites for hydroxylation is 2. The summed E-state index contributed by atoms with van der Waals surface area (Å²) in [6.07, 6.45) is 4.35. The van der Waals surface area contributed by atoms with Crippen LogP contribution >= 0.6 is 11.3 Å². The minimum absolute atomic E-state index is 0.182. The average Bonchev–Trinajstić information content (AvgIpc) is 2.74. The summed E-state index contributed by atoms with van der Waals surface area (Å²) < 4.78 is 0. The first kappa shape index (κ1) is 10.6. The lowest BCUT2D eigenvalue weighted by Gasteiger charge is -2.06. The molecular weight excluding hydrogens is 232 g/mol. The third-order valence-corrected chi connectivity index (χ3v) is 4.04. The molecule has 17 heavy (non-hydrogen) atoms. The Labute approximate surface area is 104 Å². The van der Waals surface area contributed by atoms with Crippen molar-refractivity contribution in [2.45, 2.75) is 26.2 Å². The van der Waals surface area contributed by atoms with Crippen LogP contribution in [-0.2, 0) is 6.42 Å². The van der Waals surface area contributed by atoms with Crippen molar-refractivity contribution < 1.29 is 4.79 Å². The molecule has 0 fully saturated rings. The van der Waals surface area contributed by atoms with Crippen LogP contribution in [0.1, 0.15) is 33.8 Å². The zero-order valence-corrected chi connectivity index (χ0v) is 10.4. The van der Waals surface area contributed by atoms with Gasteiger partial charge in [-0.15, -0.1) is 11.3 Å². The van der Waals surface area contributed by atoms with Gasteiger partial charge in [-0.25, -0.2) is 4.98 Å². The number of hydrogen-bond acceptors (Lipinski definition) is 4. The van der Waals surface area contributed by atoms with Crippen molar-refractivity contribution in [2.75, 3.05) is 0 Å². The molecule has 0 amide bonds. The molecule has 0 saturated carbocycles. The van der Waals surface area contributed by atoms with Crippen LogP contribution in [0.15, 0.2) is 18.3 Å². The fourth-order valence-corrected chi connectivity index (χ4v) is 3.12. The molecular formula is C13H12N2OS. The molecule has 2 heterocycles. The Morgan fingerprint density at radius 1 is 1.35 bits per heavy atom. The van der Waals surface area contributed by atoms with Crippen LogP contribution in [0.5, 0.6) is 0 Å². The summed E-state index contributed by atoms with van der Waals surface area (Å²) in [7, 11) is 0. The minimum atomic E-state index is 0.182. The Morgan fingerprint density at radius 2 is 2.24 bits per heavy atom. The number of aromatic nitrogens is 2. The van der Waals surface area contributed by atoms with Crippen LogP contribution < -0.4 is 0 Å². The second-order valence-corrected chi connectivity index (χ2v) is 5.37. The number of ketones is 1. The number of nitrogens with zero attached hydrogens (tertiary/aromatic N) is 2. The third kappa shape index (κ3) is 1.89. The number of Topliss-reactive ketones (excluding diaryl/α,β-unsaturated/α-hetero) is 1. The highest BCUT2D eigenvalue weighted by Gasteiger charge is 2.22. The molecule has 1 aliphatic rings. The van der Waals surface area contributed by atoms with Crippen LogP contribution in [0.2, 0.25) is 0 Å². The zero-order valence-electron chi connectivity index (χ0n) is 9.56. The van der Waals surface area contributed by atoms with Crippen LogP contribution in [0.4, 0.5) is 0 Å². The molecule has 0 N–H and O–H groups in total. The Bertz CT molecular complexity index is 589. The van der Waals surface area contributed by atoms with Crippen molar-refractivity contribution in [3.8, 4) is 10.7 Å². The van der Waals surface area contributed by atoms with Gasteiger partial charge in [0.15, 0.2) is 5.78 Å². The van der Waals surface area contributed by atoms with E-state index in [1.54, 1.807) is 17.5 Å². The van der Waals surface area contributed by atoms with Crippen molar-refractivity contribution in [2.24, 2.45) is 0 Å². The van der Waals surface area contributed by atoms with Gasteiger partial charge in [0.25, 0.3) is 0 Å². The number of thiazole rings is 1. The standard InChI is InChI=1S/C13H12N2OS/c1-8-5-6-14-9(7-8)13-15-12-10(16)3-2-4-11(12)17-13/h5-7H,2-4H2,1H3. The monoisotopic (exact) mass is 244 g/mol. The van der Waals surface area contributed by atoms with Crippen molar-refractivity contribution in [3.05, 3.63) is 34.5 Å². The first-order valence-electron chi connectivity index (χ1n) is 5.70. The highest BCUT2D eigenvalue weighted by Crippen LogP contribution is 2.31. The van der Waals surface area contributed by atoms with Gasteiger partial charge in [-0.2, -0.15) is 0 Å². The van der Waals surface area contributed by atoms with Gasteiger partial charge in [-0.1, -0.05) is 0 Å². The first-order valence-corrected chi connectivity index (χ1v) is 6.51. The van der Waals surface area contributed by atoms with E-state index in [2.05, 4.69) is 9.97 Å². The summed E-state index contributed by atoms with van der Waals surface area (Å²) in [4.78, 5) is 21.6. The number of fused-ring (bicyclic) bond motifs is 1. The molecule has 0 radical (unpaired) electrons. The van der Waals surface area contributed by atoms with Crippen molar-refractivity contribution in [3.63, 3.8) is 0 Å². The third-order valence-electron chi connectivity index (χ3n) is 2.90. The molecule has 0 aliphatic heterocycles. The van der Waals surface area contributed by atoms with Crippen molar-refractivity contribution >= 4 is 17.1 Å². The van der Waals surface area contributed by atoms with Crippen LogP contribution in [0, 0.1) is 6.92 Å². The number of carbonyl (C=O) groups excluding carboxylic acids is 1. The summed E-state index contributed by atoms with van der Waals surface area (Å²) in [5.74, 6) is 0.182. The molecule has 86 valence electrons. The molecule has 1 aliphatic carbocycles. The van der Waals surface area contributed by atoms with E-state index in [9.17, 15) is 4.79 Å². The summed E-state index contributed by atoms with van der Waals surface area (Å²) in [6, 6.07) is 3.97. The van der Waals surface area contributed by atoms with E-state index in [0.29, 0.717) is 12.1 Å². The smallest absolute Gasteiger partial charge is 0.182 e. The lowest BCUT2D eigenvalue weighted by atomic mass is 10.0. The summed E-state index contributed by atoms with van der Waals surface area (Å²) in [5, 5.41) is 0.869. The molecule has 2 aromatic rings. The number of carbonyl (C=O) groups is 1. The van der Waals surface area contributed by atoms with Gasteiger partial charge in [-0.3, -0.25) is 9.78 Å². The molecule has 4 heteroatoms. The van der Waals surface area contributed by atoms with E-state index in [4.69, 9.17) is 0 Å². The molecule has 3 rings (SSSR count). The molecule has 0 aromatic carbocycles. The maximum absolute atomic E-state index is 11.7. The summed E-state index contributed by atoms with van der Waals surface area (Å²) in [6.45, 7) is 2.03. The van der Waals surface area contributed by atoms with Gasteiger partial charge in [0.2, 0.25) is 0 Å². The Hall–Kier alpha value is -1.55. The molecule has 0 unspecified atom stereocenters. The maximum Gasteiger partial charge on any atom is 0.182 e. The summed E-state index contributed by atoms with van der Waals surface area (Å²) in [5.41, 5.74) is 2.71. The van der Waals surface area contributed by atoms with E-state index in [1.807, 2.05) is 19.1 Å². The second-order valence-electron chi connectivity index (χ2n) is 4.29. The molecule has 0 saturated heterocycles. The quantitative estimate of drug-likeness (QED) is 0.774.